The maximum atomic E-state index is 13.9. The maximum absolute atomic E-state index is 13.9. The van der Waals surface area contributed by atoms with Gasteiger partial charge in [-0.1, -0.05) is 48.5 Å². The van der Waals surface area contributed by atoms with Crippen LogP contribution in [0.15, 0.2) is 84.4 Å². The topological polar surface area (TPSA) is 89.8 Å². The number of carbonyl (C=O) groups excluding carboxylic acids is 2. The zero-order valence-corrected chi connectivity index (χ0v) is 17.8. The van der Waals surface area contributed by atoms with Crippen molar-refractivity contribution in [2.24, 2.45) is 5.41 Å². The summed E-state index contributed by atoms with van der Waals surface area (Å²) in [7, 11) is 1.29. The number of esters is 1. The number of rotatable bonds is 4. The summed E-state index contributed by atoms with van der Waals surface area (Å²) in [6.07, 6.45) is 1.78. The van der Waals surface area contributed by atoms with Crippen LogP contribution in [0.4, 0.5) is 11.4 Å². The minimum Gasteiger partial charge on any atom is -0.468 e. The molecule has 5 rings (SSSR count). The Bertz CT molecular complexity index is 1300. The summed E-state index contributed by atoms with van der Waals surface area (Å²) in [4.78, 5) is 39.9. The summed E-state index contributed by atoms with van der Waals surface area (Å²) in [6, 6.07) is 22.4. The van der Waals surface area contributed by atoms with Gasteiger partial charge < -0.3 is 9.64 Å². The molecule has 164 valence electrons. The summed E-state index contributed by atoms with van der Waals surface area (Å²) in [6.45, 7) is 0.334. The van der Waals surface area contributed by atoms with Gasteiger partial charge >= 0.3 is 5.97 Å². The van der Waals surface area contributed by atoms with E-state index in [0.29, 0.717) is 23.2 Å². The van der Waals surface area contributed by atoms with Crippen molar-refractivity contribution in [3.8, 4) is 0 Å². The molecule has 0 spiro atoms. The summed E-state index contributed by atoms with van der Waals surface area (Å²) in [5.41, 5.74) is 1.86. The first-order valence-corrected chi connectivity index (χ1v) is 10.5. The number of nitro groups is 1. The Morgan fingerprint density at radius 3 is 2.39 bits per heavy atom. The van der Waals surface area contributed by atoms with Crippen LogP contribution in [0.5, 0.6) is 0 Å². The van der Waals surface area contributed by atoms with E-state index in [9.17, 15) is 19.7 Å². The molecule has 1 fully saturated rings. The molecule has 2 atom stereocenters. The van der Waals surface area contributed by atoms with Crippen LogP contribution >= 0.6 is 0 Å². The van der Waals surface area contributed by atoms with Crippen molar-refractivity contribution in [2.75, 3.05) is 18.6 Å². The number of ketones is 1. The minimum atomic E-state index is -1.53. The van der Waals surface area contributed by atoms with Gasteiger partial charge in [0.2, 0.25) is 0 Å². The predicted octanol–water partition coefficient (Wildman–Crippen LogP) is 4.60. The van der Waals surface area contributed by atoms with Crippen LogP contribution in [-0.4, -0.2) is 30.3 Å². The minimum absolute atomic E-state index is 0.0283. The first-order valence-electron chi connectivity index (χ1n) is 10.5. The molecule has 7 heteroatoms. The Morgan fingerprint density at radius 1 is 1.06 bits per heavy atom. The molecule has 1 aliphatic heterocycles. The molecule has 7 nitrogen and oxygen atoms in total. The Kier molecular flexibility index (Phi) is 4.82. The molecular weight excluding hydrogens is 420 g/mol. The zero-order chi connectivity index (χ0) is 23.2. The zero-order valence-electron chi connectivity index (χ0n) is 17.8. The van der Waals surface area contributed by atoms with E-state index in [2.05, 4.69) is 4.90 Å². The molecule has 1 aliphatic carbocycles. The number of fused-ring (bicyclic) bond motifs is 3. The Labute approximate surface area is 190 Å². The molecule has 0 unspecified atom stereocenters. The van der Waals surface area contributed by atoms with Crippen LogP contribution < -0.4 is 4.90 Å². The fourth-order valence-corrected chi connectivity index (χ4v) is 5.04. The Hall–Kier alpha value is -4.26. The average molecular weight is 440 g/mol. The SMILES string of the molecule is COC(=O)[C@@]12C(=O)c3ccccc3[C@@H]1N(c1ccccc1)C/C2=C\c1ccc([N+](=O)[O-])cc1. The predicted molar refractivity (Wildman–Crippen MR) is 123 cm³/mol. The highest BCUT2D eigenvalue weighted by atomic mass is 16.6. The van der Waals surface area contributed by atoms with Gasteiger partial charge in [-0.25, -0.2) is 0 Å². The highest BCUT2D eigenvalue weighted by Crippen LogP contribution is 2.59. The Morgan fingerprint density at radius 2 is 1.73 bits per heavy atom. The molecule has 3 aromatic carbocycles. The lowest BCUT2D eigenvalue weighted by atomic mass is 9.75. The van der Waals surface area contributed by atoms with Crippen molar-refractivity contribution in [3.63, 3.8) is 0 Å². The molecule has 0 aromatic heterocycles. The molecule has 1 heterocycles. The van der Waals surface area contributed by atoms with E-state index in [-0.39, 0.29) is 11.5 Å². The van der Waals surface area contributed by atoms with Crippen molar-refractivity contribution < 1.29 is 19.2 Å². The largest absolute Gasteiger partial charge is 0.468 e. The smallest absolute Gasteiger partial charge is 0.326 e. The highest BCUT2D eigenvalue weighted by Gasteiger charge is 2.67. The third-order valence-electron chi connectivity index (χ3n) is 6.47. The number of hydrogen-bond donors (Lipinski definition) is 0. The Balaban J connectivity index is 1.73. The second-order valence-electron chi connectivity index (χ2n) is 8.10. The molecule has 3 aromatic rings. The van der Waals surface area contributed by atoms with Gasteiger partial charge in [0.15, 0.2) is 11.2 Å². The van der Waals surface area contributed by atoms with Gasteiger partial charge in [-0.3, -0.25) is 19.7 Å². The molecule has 0 amide bonds. The van der Waals surface area contributed by atoms with Gasteiger partial charge in [-0.2, -0.15) is 0 Å². The van der Waals surface area contributed by atoms with Crippen molar-refractivity contribution >= 4 is 29.2 Å². The second-order valence-corrected chi connectivity index (χ2v) is 8.10. The highest BCUT2D eigenvalue weighted by molar-refractivity contribution is 6.21. The fourth-order valence-electron chi connectivity index (χ4n) is 5.04. The number of para-hydroxylation sites is 1. The van der Waals surface area contributed by atoms with Crippen LogP contribution in [0.3, 0.4) is 0 Å². The number of nitro benzene ring substituents is 1. The number of nitrogens with zero attached hydrogens (tertiary/aromatic N) is 2. The van der Waals surface area contributed by atoms with E-state index in [1.165, 1.54) is 19.2 Å². The summed E-state index contributed by atoms with van der Waals surface area (Å²) in [5.74, 6) is -0.901. The molecule has 0 saturated carbocycles. The monoisotopic (exact) mass is 440 g/mol. The van der Waals surface area contributed by atoms with Crippen LogP contribution in [0.1, 0.15) is 27.5 Å². The van der Waals surface area contributed by atoms with Gasteiger partial charge in [0.25, 0.3) is 5.69 Å². The average Bonchev–Trinajstić information content (AvgIpc) is 3.32. The number of ether oxygens (including phenoxy) is 1. The second kappa shape index (κ2) is 7.70. The maximum Gasteiger partial charge on any atom is 0.326 e. The number of methoxy groups -OCH3 is 1. The number of non-ortho nitro benzene ring substituents is 1. The lowest BCUT2D eigenvalue weighted by Gasteiger charge is -2.30. The van der Waals surface area contributed by atoms with Crippen LogP contribution in [-0.2, 0) is 9.53 Å². The van der Waals surface area contributed by atoms with Crippen LogP contribution in [0, 0.1) is 15.5 Å². The quantitative estimate of drug-likeness (QED) is 0.255. The van der Waals surface area contributed by atoms with E-state index in [4.69, 9.17) is 4.74 Å². The molecule has 0 N–H and O–H groups in total. The first-order chi connectivity index (χ1) is 16.0. The molecule has 2 aliphatic rings. The molecule has 33 heavy (non-hydrogen) atoms. The van der Waals surface area contributed by atoms with Gasteiger partial charge in [-0.15, -0.1) is 0 Å². The fraction of sp³-hybridized carbons (Fsp3) is 0.154. The van der Waals surface area contributed by atoms with Crippen molar-refractivity contribution in [2.45, 2.75) is 6.04 Å². The van der Waals surface area contributed by atoms with Crippen LogP contribution in [0.2, 0.25) is 0 Å². The number of anilines is 1. The number of benzene rings is 3. The first kappa shape index (κ1) is 20.6. The van der Waals surface area contributed by atoms with E-state index in [1.54, 1.807) is 30.3 Å². The van der Waals surface area contributed by atoms with Gasteiger partial charge in [-0.05, 0) is 41.0 Å². The number of carbonyl (C=O) groups is 2. The summed E-state index contributed by atoms with van der Waals surface area (Å²) < 4.78 is 5.23. The molecule has 0 radical (unpaired) electrons. The summed E-state index contributed by atoms with van der Waals surface area (Å²) in [5, 5.41) is 11.0. The molecule has 0 bridgehead atoms. The van der Waals surface area contributed by atoms with E-state index in [0.717, 1.165) is 11.3 Å². The molecule has 1 saturated heterocycles. The van der Waals surface area contributed by atoms with Gasteiger partial charge in [0.05, 0.1) is 18.1 Å². The van der Waals surface area contributed by atoms with E-state index in [1.807, 2.05) is 42.5 Å². The van der Waals surface area contributed by atoms with Crippen molar-refractivity contribution in [1.82, 2.24) is 0 Å². The molecular formula is C26H20N2O5. The van der Waals surface area contributed by atoms with E-state index >= 15 is 0 Å². The number of Topliss-reactive ketones (excluding diaryl/α,β-unsaturated/α-hetero) is 1. The third kappa shape index (κ3) is 2.96. The lowest BCUT2D eigenvalue weighted by Crippen LogP contribution is -2.41. The lowest BCUT2D eigenvalue weighted by molar-refractivity contribution is -0.384. The normalized spacial score (nSPS) is 22.2. The summed E-state index contributed by atoms with van der Waals surface area (Å²) >= 11 is 0. The van der Waals surface area contributed by atoms with E-state index < -0.39 is 22.3 Å². The number of hydrogen-bond acceptors (Lipinski definition) is 6. The van der Waals surface area contributed by atoms with Gasteiger partial charge in [0.1, 0.15) is 0 Å². The van der Waals surface area contributed by atoms with Crippen LogP contribution in [0.25, 0.3) is 6.08 Å². The van der Waals surface area contributed by atoms with Gasteiger partial charge in [0, 0.05) is 29.9 Å². The third-order valence-corrected chi connectivity index (χ3v) is 6.47. The van der Waals surface area contributed by atoms with Crippen molar-refractivity contribution in [1.29, 1.82) is 0 Å². The standard InChI is InChI=1S/C26H20N2O5/c1-33-25(30)26-18(15-17-11-13-20(14-12-17)28(31)32)16-27(19-7-3-2-4-8-19)23(26)21-9-5-6-10-22(21)24(26)29/h2-15,23H,16H2,1H3/b18-15+/t23-,26+/m0/s1. The van der Waals surface area contributed by atoms with Crippen molar-refractivity contribution in [3.05, 3.63) is 111 Å².